The van der Waals surface area contributed by atoms with Crippen molar-refractivity contribution in [2.75, 3.05) is 25.0 Å². The Morgan fingerprint density at radius 2 is 1.96 bits per heavy atom. The fourth-order valence-electron chi connectivity index (χ4n) is 3.49. The third-order valence-electron chi connectivity index (χ3n) is 4.76. The quantitative estimate of drug-likeness (QED) is 0.741. The van der Waals surface area contributed by atoms with Crippen LogP contribution in [0.4, 0.5) is 10.5 Å². The summed E-state index contributed by atoms with van der Waals surface area (Å²) < 4.78 is 11.4. The van der Waals surface area contributed by atoms with Crippen LogP contribution in [-0.4, -0.2) is 42.8 Å². The summed E-state index contributed by atoms with van der Waals surface area (Å²) in [7, 11) is 0. The zero-order valence-corrected chi connectivity index (χ0v) is 15.8. The van der Waals surface area contributed by atoms with Gasteiger partial charge in [-0.1, -0.05) is 33.3 Å². The van der Waals surface area contributed by atoms with Gasteiger partial charge >= 0.3 is 6.09 Å². The number of hydrogen-bond acceptors (Lipinski definition) is 4. The van der Waals surface area contributed by atoms with Gasteiger partial charge in [0, 0.05) is 17.8 Å². The summed E-state index contributed by atoms with van der Waals surface area (Å²) in [4.78, 5) is 14.8. The van der Waals surface area contributed by atoms with E-state index in [-0.39, 0.29) is 12.2 Å². The van der Waals surface area contributed by atoms with E-state index in [1.54, 1.807) is 0 Å². The number of carbonyl (C=O) groups excluding carboxylic acids is 1. The lowest BCUT2D eigenvalue weighted by Crippen LogP contribution is -2.47. The molecule has 1 N–H and O–H groups in total. The first-order valence-corrected chi connectivity index (χ1v) is 9.62. The number of nitrogens with one attached hydrogen (secondary N) is 1. The Hall–Kier alpha value is -1.75. The zero-order valence-electron chi connectivity index (χ0n) is 15.8. The minimum Gasteiger partial charge on any atom is -0.494 e. The molecule has 0 bridgehead atoms. The Bertz CT molecular complexity index is 531. The number of nitrogens with zero attached hydrogens (tertiary/aromatic N) is 1. The number of carbonyl (C=O) groups is 1. The molecule has 1 amide bonds. The lowest BCUT2D eigenvalue weighted by atomic mass is 9.91. The Balaban J connectivity index is 1.94. The van der Waals surface area contributed by atoms with Crippen molar-refractivity contribution >= 4 is 11.8 Å². The van der Waals surface area contributed by atoms with E-state index in [2.05, 4.69) is 31.0 Å². The highest BCUT2D eigenvalue weighted by Gasteiger charge is 2.31. The van der Waals surface area contributed by atoms with Gasteiger partial charge in [-0.3, -0.25) is 10.2 Å². The highest BCUT2D eigenvalue weighted by atomic mass is 16.6. The fourth-order valence-corrected chi connectivity index (χ4v) is 3.49. The maximum absolute atomic E-state index is 12.4. The minimum atomic E-state index is -0.378. The first-order chi connectivity index (χ1) is 12.2. The minimum absolute atomic E-state index is 0.0341. The summed E-state index contributed by atoms with van der Waals surface area (Å²) in [6.45, 7) is 9.03. The number of benzene rings is 1. The Morgan fingerprint density at radius 1 is 1.20 bits per heavy atom. The molecule has 1 aliphatic carbocycles. The predicted molar refractivity (Wildman–Crippen MR) is 101 cm³/mol. The second kappa shape index (κ2) is 10.3. The standard InChI is InChI=1S/C20H32N2O3/c1-4-14-24-17-11-9-10-16(15-17)21-20(23)25-19-13-8-7-12-18(19)22(5-2)6-3/h9-11,15,18-19H,4-8,12-14H2,1-3H3,(H,21,23)/t18-,19-/m1/s1. The lowest BCUT2D eigenvalue weighted by Gasteiger charge is -2.38. The maximum atomic E-state index is 12.4. The molecule has 1 aliphatic rings. The first kappa shape index (κ1) is 19.6. The molecule has 0 saturated heterocycles. The van der Waals surface area contributed by atoms with Gasteiger partial charge in [-0.15, -0.1) is 0 Å². The van der Waals surface area contributed by atoms with Gasteiger partial charge in [0.1, 0.15) is 11.9 Å². The van der Waals surface area contributed by atoms with Crippen LogP contribution in [-0.2, 0) is 4.74 Å². The van der Waals surface area contributed by atoms with Gasteiger partial charge in [0.15, 0.2) is 0 Å². The number of likely N-dealkylation sites (N-methyl/N-ethyl adjacent to an activating group) is 1. The number of hydrogen-bond donors (Lipinski definition) is 1. The predicted octanol–water partition coefficient (Wildman–Crippen LogP) is 4.68. The van der Waals surface area contributed by atoms with E-state index >= 15 is 0 Å². The van der Waals surface area contributed by atoms with Crippen molar-refractivity contribution in [3.05, 3.63) is 24.3 Å². The van der Waals surface area contributed by atoms with E-state index in [9.17, 15) is 4.79 Å². The molecule has 2 rings (SSSR count). The molecule has 140 valence electrons. The second-order valence-corrected chi connectivity index (χ2v) is 6.52. The van der Waals surface area contributed by atoms with Crippen LogP contribution in [0.2, 0.25) is 0 Å². The molecule has 5 heteroatoms. The Kier molecular flexibility index (Phi) is 8.06. The highest BCUT2D eigenvalue weighted by Crippen LogP contribution is 2.26. The molecule has 5 nitrogen and oxygen atoms in total. The molecule has 0 aliphatic heterocycles. The van der Waals surface area contributed by atoms with Gasteiger partial charge in [-0.2, -0.15) is 0 Å². The molecule has 1 saturated carbocycles. The molecule has 0 radical (unpaired) electrons. The Labute approximate surface area is 151 Å². The van der Waals surface area contributed by atoms with E-state index in [1.165, 1.54) is 6.42 Å². The largest absolute Gasteiger partial charge is 0.494 e. The Morgan fingerprint density at radius 3 is 2.68 bits per heavy atom. The number of rotatable bonds is 8. The summed E-state index contributed by atoms with van der Waals surface area (Å²) in [5.74, 6) is 0.762. The summed E-state index contributed by atoms with van der Waals surface area (Å²) >= 11 is 0. The lowest BCUT2D eigenvalue weighted by molar-refractivity contribution is 0.0125. The molecule has 1 aromatic carbocycles. The van der Waals surface area contributed by atoms with Crippen molar-refractivity contribution in [1.29, 1.82) is 0 Å². The van der Waals surface area contributed by atoms with Crippen LogP contribution in [0.1, 0.15) is 52.9 Å². The second-order valence-electron chi connectivity index (χ2n) is 6.52. The molecule has 0 unspecified atom stereocenters. The molecule has 1 fully saturated rings. The molecule has 0 heterocycles. The smallest absolute Gasteiger partial charge is 0.411 e. The first-order valence-electron chi connectivity index (χ1n) is 9.62. The van der Waals surface area contributed by atoms with Gasteiger partial charge in [0.25, 0.3) is 0 Å². The molecular formula is C20H32N2O3. The van der Waals surface area contributed by atoms with Gasteiger partial charge < -0.3 is 9.47 Å². The number of ether oxygens (including phenoxy) is 2. The van der Waals surface area contributed by atoms with Crippen LogP contribution < -0.4 is 10.1 Å². The maximum Gasteiger partial charge on any atom is 0.411 e. The fraction of sp³-hybridized carbons (Fsp3) is 0.650. The molecule has 1 aromatic rings. The van der Waals surface area contributed by atoms with Crippen molar-refractivity contribution in [2.45, 2.75) is 65.0 Å². The summed E-state index contributed by atoms with van der Waals surface area (Å²) in [5, 5.41) is 2.84. The van der Waals surface area contributed by atoms with Crippen molar-refractivity contribution < 1.29 is 14.3 Å². The van der Waals surface area contributed by atoms with Gasteiger partial charge in [-0.05, 0) is 50.9 Å². The van der Waals surface area contributed by atoms with Crippen LogP contribution in [0.15, 0.2) is 24.3 Å². The summed E-state index contributed by atoms with van der Waals surface area (Å²) in [6.07, 6.45) is 4.91. The number of anilines is 1. The van der Waals surface area contributed by atoms with E-state index in [0.29, 0.717) is 18.3 Å². The molecule has 25 heavy (non-hydrogen) atoms. The van der Waals surface area contributed by atoms with Gasteiger partial charge in [0.05, 0.1) is 6.61 Å². The van der Waals surface area contributed by atoms with Gasteiger partial charge in [0.2, 0.25) is 0 Å². The molecular weight excluding hydrogens is 316 g/mol. The molecule has 0 spiro atoms. The van der Waals surface area contributed by atoms with Crippen LogP contribution in [0.5, 0.6) is 5.75 Å². The van der Waals surface area contributed by atoms with Crippen molar-refractivity contribution in [1.82, 2.24) is 4.90 Å². The molecule has 0 aromatic heterocycles. The highest BCUT2D eigenvalue weighted by molar-refractivity contribution is 5.85. The average molecular weight is 348 g/mol. The van der Waals surface area contributed by atoms with Crippen LogP contribution in [0.25, 0.3) is 0 Å². The third-order valence-corrected chi connectivity index (χ3v) is 4.76. The van der Waals surface area contributed by atoms with Crippen molar-refractivity contribution in [3.63, 3.8) is 0 Å². The SMILES string of the molecule is CCCOc1cccc(NC(=O)O[C@@H]2CCCC[C@H]2N(CC)CC)c1. The summed E-state index contributed by atoms with van der Waals surface area (Å²) in [6, 6.07) is 7.78. The normalized spacial score (nSPS) is 20.3. The summed E-state index contributed by atoms with van der Waals surface area (Å²) in [5.41, 5.74) is 0.703. The van der Waals surface area contributed by atoms with Crippen LogP contribution in [0.3, 0.4) is 0 Å². The van der Waals surface area contributed by atoms with Gasteiger partial charge in [-0.25, -0.2) is 4.79 Å². The van der Waals surface area contributed by atoms with Crippen molar-refractivity contribution in [3.8, 4) is 5.75 Å². The van der Waals surface area contributed by atoms with E-state index in [4.69, 9.17) is 9.47 Å². The van der Waals surface area contributed by atoms with E-state index in [0.717, 1.165) is 44.5 Å². The van der Waals surface area contributed by atoms with E-state index in [1.807, 2.05) is 24.3 Å². The zero-order chi connectivity index (χ0) is 18.1. The third kappa shape index (κ3) is 5.92. The van der Waals surface area contributed by atoms with Crippen LogP contribution in [0, 0.1) is 0 Å². The topological polar surface area (TPSA) is 50.8 Å². The van der Waals surface area contributed by atoms with Crippen LogP contribution >= 0.6 is 0 Å². The molecule has 2 atom stereocenters. The van der Waals surface area contributed by atoms with E-state index < -0.39 is 0 Å². The monoisotopic (exact) mass is 348 g/mol. The average Bonchev–Trinajstić information content (AvgIpc) is 2.62. The number of amides is 1. The van der Waals surface area contributed by atoms with Crippen molar-refractivity contribution in [2.24, 2.45) is 0 Å².